The number of nitrogens with zero attached hydrogens (tertiary/aromatic N) is 3. The highest BCUT2D eigenvalue weighted by Gasteiger charge is 2.11. The summed E-state index contributed by atoms with van der Waals surface area (Å²) in [5, 5.41) is 0.874. The third kappa shape index (κ3) is 3.40. The third-order valence-corrected chi connectivity index (χ3v) is 2.85. The maximum Gasteiger partial charge on any atom is 0.204 e. The lowest BCUT2D eigenvalue weighted by Crippen LogP contribution is -2.28. The topological polar surface area (TPSA) is 38.2 Å². The molecule has 1 atom stereocenters. The third-order valence-electron chi connectivity index (χ3n) is 1.66. The second kappa shape index (κ2) is 5.48. The van der Waals surface area contributed by atoms with Crippen LogP contribution in [0.2, 0.25) is 0 Å². The maximum atomic E-state index is 6.02. The van der Waals surface area contributed by atoms with E-state index in [4.69, 9.17) is 16.3 Å². The Morgan fingerprint density at radius 3 is 2.86 bits per heavy atom. The van der Waals surface area contributed by atoms with E-state index in [9.17, 15) is 0 Å². The van der Waals surface area contributed by atoms with Gasteiger partial charge in [-0.3, -0.25) is 0 Å². The molecular weight excluding hydrogens is 222 g/mol. The monoisotopic (exact) mass is 235 g/mol. The van der Waals surface area contributed by atoms with E-state index in [1.54, 1.807) is 7.11 Å². The van der Waals surface area contributed by atoms with E-state index in [-0.39, 0.29) is 5.38 Å². The number of ether oxygens (including phenoxy) is 1. The van der Waals surface area contributed by atoms with E-state index < -0.39 is 0 Å². The Labute approximate surface area is 93.0 Å². The van der Waals surface area contributed by atoms with Crippen LogP contribution in [0.25, 0.3) is 0 Å². The van der Waals surface area contributed by atoms with E-state index in [1.807, 2.05) is 18.9 Å². The highest BCUT2D eigenvalue weighted by Crippen LogP contribution is 2.16. The maximum absolute atomic E-state index is 6.02. The molecule has 0 aliphatic heterocycles. The van der Waals surface area contributed by atoms with E-state index in [0.29, 0.717) is 13.2 Å². The highest BCUT2D eigenvalue weighted by molar-refractivity contribution is 7.09. The van der Waals surface area contributed by atoms with E-state index in [2.05, 4.69) is 9.36 Å². The van der Waals surface area contributed by atoms with Gasteiger partial charge in [-0.1, -0.05) is 0 Å². The highest BCUT2D eigenvalue weighted by atomic mass is 35.5. The fourth-order valence-electron chi connectivity index (χ4n) is 1.05. The van der Waals surface area contributed by atoms with Gasteiger partial charge < -0.3 is 9.64 Å². The Kier molecular flexibility index (Phi) is 4.57. The van der Waals surface area contributed by atoms with Gasteiger partial charge in [0.2, 0.25) is 5.13 Å². The Morgan fingerprint density at radius 2 is 2.36 bits per heavy atom. The normalized spacial score (nSPS) is 12.9. The molecule has 0 aromatic carbocycles. The lowest BCUT2D eigenvalue weighted by atomic mass is 10.4. The van der Waals surface area contributed by atoms with Gasteiger partial charge in [-0.25, -0.2) is 4.98 Å². The summed E-state index contributed by atoms with van der Waals surface area (Å²) >= 11 is 7.41. The van der Waals surface area contributed by atoms with E-state index in [1.165, 1.54) is 11.5 Å². The SMILES string of the molecule is COCC(Cl)CN(C)c1nc(C)ns1. The van der Waals surface area contributed by atoms with Crippen molar-refractivity contribution in [1.29, 1.82) is 0 Å². The molecule has 0 amide bonds. The molecule has 80 valence electrons. The number of alkyl halides is 1. The van der Waals surface area contributed by atoms with Crippen molar-refractivity contribution < 1.29 is 4.74 Å². The summed E-state index contributed by atoms with van der Waals surface area (Å²) < 4.78 is 9.06. The molecule has 0 N–H and O–H groups in total. The first-order valence-corrected chi connectivity index (χ1v) is 5.49. The van der Waals surface area contributed by atoms with Gasteiger partial charge in [0.25, 0.3) is 0 Å². The summed E-state index contributed by atoms with van der Waals surface area (Å²) in [7, 11) is 3.59. The summed E-state index contributed by atoms with van der Waals surface area (Å²) in [6.07, 6.45) is 0. The first-order valence-electron chi connectivity index (χ1n) is 4.28. The molecule has 14 heavy (non-hydrogen) atoms. The van der Waals surface area contributed by atoms with Crippen LogP contribution in [0.4, 0.5) is 5.13 Å². The summed E-state index contributed by atoms with van der Waals surface area (Å²) in [6, 6.07) is 0. The van der Waals surface area contributed by atoms with Gasteiger partial charge in [-0.2, -0.15) is 4.37 Å². The van der Waals surface area contributed by atoms with Crippen LogP contribution in [0.5, 0.6) is 0 Å². The van der Waals surface area contributed by atoms with Crippen molar-refractivity contribution in [2.24, 2.45) is 0 Å². The van der Waals surface area contributed by atoms with Crippen LogP contribution in [0, 0.1) is 6.92 Å². The van der Waals surface area contributed by atoms with Crippen LogP contribution < -0.4 is 4.90 Å². The Bertz CT molecular complexity index is 281. The number of anilines is 1. The molecule has 0 saturated heterocycles. The molecule has 0 spiro atoms. The number of hydrogen-bond donors (Lipinski definition) is 0. The zero-order chi connectivity index (χ0) is 10.6. The molecular formula is C8H14ClN3OS. The number of halogens is 1. The van der Waals surface area contributed by atoms with Crippen LogP contribution in [0.3, 0.4) is 0 Å². The lowest BCUT2D eigenvalue weighted by Gasteiger charge is -2.18. The van der Waals surface area contributed by atoms with Crippen molar-refractivity contribution >= 4 is 28.3 Å². The molecule has 6 heteroatoms. The minimum Gasteiger partial charge on any atom is -0.383 e. The summed E-state index contributed by atoms with van der Waals surface area (Å²) in [5.41, 5.74) is 0. The van der Waals surface area contributed by atoms with Crippen LogP contribution in [0.1, 0.15) is 5.82 Å². The zero-order valence-electron chi connectivity index (χ0n) is 8.53. The Hall–Kier alpha value is -0.390. The molecule has 0 aliphatic carbocycles. The second-order valence-corrected chi connectivity index (χ2v) is 4.40. The van der Waals surface area contributed by atoms with Crippen molar-refractivity contribution in [2.75, 3.05) is 32.2 Å². The van der Waals surface area contributed by atoms with Crippen molar-refractivity contribution in [1.82, 2.24) is 9.36 Å². The standard InChI is InChI=1S/C8H14ClN3OS/c1-6-10-8(14-11-6)12(2)4-7(9)5-13-3/h7H,4-5H2,1-3H3. The van der Waals surface area contributed by atoms with Crippen molar-refractivity contribution in [3.05, 3.63) is 5.82 Å². The number of aromatic nitrogens is 2. The molecule has 1 aromatic rings. The molecule has 0 aliphatic rings. The predicted octanol–water partition coefficient (Wildman–Crippen LogP) is 1.54. The van der Waals surface area contributed by atoms with E-state index >= 15 is 0 Å². The Morgan fingerprint density at radius 1 is 1.64 bits per heavy atom. The fraction of sp³-hybridized carbons (Fsp3) is 0.750. The van der Waals surface area contributed by atoms with Crippen LogP contribution in [-0.2, 0) is 4.74 Å². The van der Waals surface area contributed by atoms with Gasteiger partial charge in [0.05, 0.1) is 12.0 Å². The van der Waals surface area contributed by atoms with Crippen LogP contribution >= 0.6 is 23.1 Å². The minimum absolute atomic E-state index is 0.0193. The number of rotatable bonds is 5. The average Bonchev–Trinajstić information content (AvgIpc) is 2.52. The molecule has 1 unspecified atom stereocenters. The zero-order valence-corrected chi connectivity index (χ0v) is 10.1. The van der Waals surface area contributed by atoms with Gasteiger partial charge >= 0.3 is 0 Å². The first kappa shape index (κ1) is 11.7. The average molecular weight is 236 g/mol. The van der Waals surface area contributed by atoms with E-state index in [0.717, 1.165) is 11.0 Å². The van der Waals surface area contributed by atoms with Gasteiger partial charge in [0.15, 0.2) is 0 Å². The molecule has 1 heterocycles. The van der Waals surface area contributed by atoms with Crippen LogP contribution in [-0.4, -0.2) is 42.0 Å². The second-order valence-electron chi connectivity index (χ2n) is 3.06. The first-order chi connectivity index (χ1) is 6.63. The Balaban J connectivity index is 2.45. The molecule has 1 rings (SSSR count). The van der Waals surface area contributed by atoms with Gasteiger partial charge in [-0.05, 0) is 6.92 Å². The van der Waals surface area contributed by atoms with Gasteiger partial charge in [-0.15, -0.1) is 11.6 Å². The molecule has 4 nitrogen and oxygen atoms in total. The quantitative estimate of drug-likeness (QED) is 0.726. The number of aryl methyl sites for hydroxylation is 1. The minimum atomic E-state index is -0.0193. The summed E-state index contributed by atoms with van der Waals surface area (Å²) in [6.45, 7) is 3.13. The number of hydrogen-bond acceptors (Lipinski definition) is 5. The van der Waals surface area contributed by atoms with Crippen molar-refractivity contribution in [3.63, 3.8) is 0 Å². The number of methoxy groups -OCH3 is 1. The van der Waals surface area contributed by atoms with Crippen molar-refractivity contribution in [2.45, 2.75) is 12.3 Å². The van der Waals surface area contributed by atoms with Crippen LogP contribution in [0.15, 0.2) is 0 Å². The molecule has 1 aromatic heterocycles. The predicted molar refractivity (Wildman–Crippen MR) is 59.4 cm³/mol. The summed E-state index contributed by atoms with van der Waals surface area (Å²) in [5.74, 6) is 0.801. The summed E-state index contributed by atoms with van der Waals surface area (Å²) in [4.78, 5) is 6.25. The smallest absolute Gasteiger partial charge is 0.204 e. The van der Waals surface area contributed by atoms with Crippen molar-refractivity contribution in [3.8, 4) is 0 Å². The largest absolute Gasteiger partial charge is 0.383 e. The molecule has 0 bridgehead atoms. The molecule has 0 radical (unpaired) electrons. The molecule has 0 fully saturated rings. The fourth-order valence-corrected chi connectivity index (χ4v) is 2.02. The van der Waals surface area contributed by atoms with Gasteiger partial charge in [0.1, 0.15) is 5.82 Å². The lowest BCUT2D eigenvalue weighted by molar-refractivity contribution is 0.199. The molecule has 0 saturated carbocycles. The van der Waals surface area contributed by atoms with Gasteiger partial charge in [0, 0.05) is 32.2 Å².